The number of allylic oxidation sites excluding steroid dienone is 3. The van der Waals surface area contributed by atoms with Crippen LogP contribution < -0.4 is 0 Å². The van der Waals surface area contributed by atoms with Gasteiger partial charge in [0.05, 0.1) is 18.2 Å². The molecule has 0 saturated carbocycles. The number of carbonyl (C=O) groups is 2. The molecule has 1 atom stereocenters. The molecule has 0 amide bonds. The Morgan fingerprint density at radius 3 is 2.94 bits per heavy atom. The van der Waals surface area contributed by atoms with Crippen molar-refractivity contribution in [2.45, 2.75) is 19.8 Å². The van der Waals surface area contributed by atoms with E-state index in [2.05, 4.69) is 4.99 Å². The number of rotatable bonds is 2. The van der Waals surface area contributed by atoms with Crippen LogP contribution in [0.25, 0.3) is 0 Å². The number of Topliss-reactive ketones (excluding diaryl/α,β-unsaturated/α-hetero) is 1. The fraction of sp³-hybridized carbons (Fsp3) is 0.462. The van der Waals surface area contributed by atoms with Gasteiger partial charge in [0.25, 0.3) is 0 Å². The highest BCUT2D eigenvalue weighted by atomic mass is 16.5. The lowest BCUT2D eigenvalue weighted by atomic mass is 9.71. The van der Waals surface area contributed by atoms with E-state index < -0.39 is 5.41 Å². The minimum absolute atomic E-state index is 0.0633. The van der Waals surface area contributed by atoms with Crippen LogP contribution in [0.3, 0.4) is 0 Å². The first-order chi connectivity index (χ1) is 8.10. The molecule has 4 heteroatoms. The van der Waals surface area contributed by atoms with Gasteiger partial charge in [0.2, 0.25) is 0 Å². The maximum Gasteiger partial charge on any atom is 0.181 e. The Bertz CT molecular complexity index is 459. The molecule has 1 spiro atoms. The molecule has 2 aliphatic rings. The van der Waals surface area contributed by atoms with Crippen molar-refractivity contribution in [2.24, 2.45) is 10.4 Å². The van der Waals surface area contributed by atoms with Gasteiger partial charge in [-0.1, -0.05) is 6.08 Å². The van der Waals surface area contributed by atoms with Crippen molar-refractivity contribution in [3.63, 3.8) is 0 Å². The third-order valence-electron chi connectivity index (χ3n) is 3.22. The molecule has 0 bridgehead atoms. The number of carbonyl (C=O) groups excluding carboxylic acids is 2. The van der Waals surface area contributed by atoms with Crippen molar-refractivity contribution < 1.29 is 14.3 Å². The zero-order valence-corrected chi connectivity index (χ0v) is 10.0. The van der Waals surface area contributed by atoms with Crippen LogP contribution in [0.1, 0.15) is 19.8 Å². The summed E-state index contributed by atoms with van der Waals surface area (Å²) < 4.78 is 5.29. The monoisotopic (exact) mass is 233 g/mol. The van der Waals surface area contributed by atoms with E-state index >= 15 is 0 Å². The van der Waals surface area contributed by atoms with Crippen molar-refractivity contribution in [3.8, 4) is 0 Å². The average Bonchev–Trinajstić information content (AvgIpc) is 2.32. The molecular formula is C13H15NO3. The van der Waals surface area contributed by atoms with Crippen LogP contribution in [-0.4, -0.2) is 30.9 Å². The second-order valence-electron chi connectivity index (χ2n) is 4.31. The van der Waals surface area contributed by atoms with Gasteiger partial charge < -0.3 is 4.74 Å². The van der Waals surface area contributed by atoms with Gasteiger partial charge in [-0.2, -0.15) is 0 Å². The molecule has 1 heterocycles. The number of nitrogens with zero attached hydrogens (tertiary/aromatic N) is 1. The fourth-order valence-corrected chi connectivity index (χ4v) is 2.49. The molecule has 0 saturated heterocycles. The Balaban J connectivity index is 2.53. The molecule has 0 aromatic heterocycles. The lowest BCUT2D eigenvalue weighted by Crippen LogP contribution is -2.40. The van der Waals surface area contributed by atoms with Crippen LogP contribution >= 0.6 is 0 Å². The van der Waals surface area contributed by atoms with Crippen LogP contribution in [0.15, 0.2) is 29.0 Å². The molecule has 1 aliphatic heterocycles. The zero-order chi connectivity index (χ0) is 12.5. The third-order valence-corrected chi connectivity index (χ3v) is 3.22. The van der Waals surface area contributed by atoms with Gasteiger partial charge in [0.1, 0.15) is 5.76 Å². The van der Waals surface area contributed by atoms with Gasteiger partial charge in [-0.05, 0) is 18.9 Å². The Hall–Kier alpha value is -1.71. The van der Waals surface area contributed by atoms with Gasteiger partial charge >= 0.3 is 0 Å². The van der Waals surface area contributed by atoms with E-state index in [1.165, 1.54) is 26.2 Å². The van der Waals surface area contributed by atoms with E-state index in [4.69, 9.17) is 4.74 Å². The first-order valence-electron chi connectivity index (χ1n) is 5.65. The van der Waals surface area contributed by atoms with E-state index in [-0.39, 0.29) is 11.6 Å². The molecule has 2 rings (SSSR count). The first kappa shape index (κ1) is 11.8. The summed E-state index contributed by atoms with van der Waals surface area (Å²) in [6, 6.07) is 0. The number of ether oxygens (including phenoxy) is 1. The van der Waals surface area contributed by atoms with Crippen molar-refractivity contribution in [2.75, 3.05) is 13.7 Å². The Kier molecular flexibility index (Phi) is 2.96. The van der Waals surface area contributed by atoms with Crippen molar-refractivity contribution in [3.05, 3.63) is 24.0 Å². The molecular weight excluding hydrogens is 218 g/mol. The van der Waals surface area contributed by atoms with E-state index in [0.717, 1.165) is 12.8 Å². The standard InChI is InChI=1S/C13H15NO3/c1-9(15)12-13(5-3-7-14-12)6-4-10(16)8-11(13)17-2/h4,6,8H,3,5,7H2,1-2H3. The smallest absolute Gasteiger partial charge is 0.181 e. The number of hydrogen-bond acceptors (Lipinski definition) is 4. The Labute approximate surface area is 100 Å². The van der Waals surface area contributed by atoms with Gasteiger partial charge in [0.15, 0.2) is 11.6 Å². The largest absolute Gasteiger partial charge is 0.500 e. The second-order valence-corrected chi connectivity index (χ2v) is 4.31. The molecule has 0 aromatic rings. The lowest BCUT2D eigenvalue weighted by Gasteiger charge is -2.36. The molecule has 0 aromatic carbocycles. The van der Waals surface area contributed by atoms with Gasteiger partial charge in [-0.25, -0.2) is 0 Å². The fourth-order valence-electron chi connectivity index (χ4n) is 2.49. The number of methoxy groups -OCH3 is 1. The minimum Gasteiger partial charge on any atom is -0.500 e. The third kappa shape index (κ3) is 1.84. The van der Waals surface area contributed by atoms with E-state index in [1.54, 1.807) is 6.08 Å². The summed E-state index contributed by atoms with van der Waals surface area (Å²) >= 11 is 0. The number of hydrogen-bond donors (Lipinski definition) is 0. The lowest BCUT2D eigenvalue weighted by molar-refractivity contribution is -0.112. The van der Waals surface area contributed by atoms with Gasteiger partial charge in [-0.3, -0.25) is 14.6 Å². The summed E-state index contributed by atoms with van der Waals surface area (Å²) in [5, 5.41) is 0. The molecule has 90 valence electrons. The topological polar surface area (TPSA) is 55.7 Å². The normalized spacial score (nSPS) is 27.8. The summed E-state index contributed by atoms with van der Waals surface area (Å²) in [5.41, 5.74) is -0.118. The minimum atomic E-state index is -0.618. The molecule has 4 nitrogen and oxygen atoms in total. The molecule has 0 N–H and O–H groups in total. The van der Waals surface area contributed by atoms with E-state index in [1.807, 2.05) is 0 Å². The maximum atomic E-state index is 11.7. The summed E-state index contributed by atoms with van der Waals surface area (Å²) in [4.78, 5) is 27.4. The molecule has 1 unspecified atom stereocenters. The van der Waals surface area contributed by atoms with E-state index in [0.29, 0.717) is 18.0 Å². The Morgan fingerprint density at radius 2 is 2.29 bits per heavy atom. The molecule has 0 radical (unpaired) electrons. The second kappa shape index (κ2) is 4.28. The van der Waals surface area contributed by atoms with Crippen LogP contribution in [0.5, 0.6) is 0 Å². The average molecular weight is 233 g/mol. The summed E-state index contributed by atoms with van der Waals surface area (Å²) in [6.07, 6.45) is 6.34. The van der Waals surface area contributed by atoms with E-state index in [9.17, 15) is 9.59 Å². The predicted octanol–water partition coefficient (Wildman–Crippen LogP) is 1.47. The van der Waals surface area contributed by atoms with Gasteiger partial charge in [0, 0.05) is 19.5 Å². The maximum absolute atomic E-state index is 11.7. The highest BCUT2D eigenvalue weighted by molar-refractivity contribution is 6.42. The van der Waals surface area contributed by atoms with Crippen LogP contribution in [0.2, 0.25) is 0 Å². The van der Waals surface area contributed by atoms with Crippen molar-refractivity contribution in [1.82, 2.24) is 0 Å². The highest BCUT2D eigenvalue weighted by Crippen LogP contribution is 2.41. The quantitative estimate of drug-likeness (QED) is 0.725. The van der Waals surface area contributed by atoms with Crippen molar-refractivity contribution in [1.29, 1.82) is 0 Å². The summed E-state index contributed by atoms with van der Waals surface area (Å²) in [5.74, 6) is 0.353. The Morgan fingerprint density at radius 1 is 1.53 bits per heavy atom. The molecule has 0 fully saturated rings. The summed E-state index contributed by atoms with van der Waals surface area (Å²) in [7, 11) is 1.52. The van der Waals surface area contributed by atoms with Crippen LogP contribution in [0.4, 0.5) is 0 Å². The number of ketones is 2. The number of aliphatic imine (C=N–C) groups is 1. The molecule has 1 aliphatic carbocycles. The van der Waals surface area contributed by atoms with Crippen LogP contribution in [0, 0.1) is 5.41 Å². The van der Waals surface area contributed by atoms with Crippen molar-refractivity contribution >= 4 is 17.3 Å². The van der Waals surface area contributed by atoms with Crippen LogP contribution in [-0.2, 0) is 14.3 Å². The SMILES string of the molecule is COC1=CC(=O)C=CC12CCCN=C2C(C)=O. The molecule has 17 heavy (non-hydrogen) atoms. The van der Waals surface area contributed by atoms with Gasteiger partial charge in [-0.15, -0.1) is 0 Å². The predicted molar refractivity (Wildman–Crippen MR) is 63.9 cm³/mol. The highest BCUT2D eigenvalue weighted by Gasteiger charge is 2.43. The zero-order valence-electron chi connectivity index (χ0n) is 10.0. The first-order valence-corrected chi connectivity index (χ1v) is 5.65. The summed E-state index contributed by atoms with van der Waals surface area (Å²) in [6.45, 7) is 2.17.